The summed E-state index contributed by atoms with van der Waals surface area (Å²) < 4.78 is 5.48. The Morgan fingerprint density at radius 3 is 2.61 bits per heavy atom. The zero-order valence-corrected chi connectivity index (χ0v) is 17.1. The molecule has 2 heterocycles. The molecule has 1 N–H and O–H groups in total. The Balaban J connectivity index is 1.98. The molecule has 0 amide bonds. The highest BCUT2D eigenvalue weighted by Crippen LogP contribution is 2.35. The van der Waals surface area contributed by atoms with E-state index in [0.29, 0.717) is 23.0 Å². The summed E-state index contributed by atoms with van der Waals surface area (Å²) >= 11 is 1.35. The van der Waals surface area contributed by atoms with E-state index < -0.39 is 5.97 Å². The van der Waals surface area contributed by atoms with Crippen LogP contribution in [0.15, 0.2) is 16.7 Å². The number of benzene rings is 1. The minimum atomic E-state index is -0.801. The fraction of sp³-hybridized carbons (Fsp3) is 0.333. The van der Waals surface area contributed by atoms with Gasteiger partial charge in [0.25, 0.3) is 5.89 Å². The minimum Gasteiger partial charge on any atom is -0.481 e. The van der Waals surface area contributed by atoms with E-state index in [2.05, 4.69) is 10.1 Å². The van der Waals surface area contributed by atoms with Crippen LogP contribution in [0.3, 0.4) is 0 Å². The number of aldehydes is 1. The number of rotatable bonds is 7. The van der Waals surface area contributed by atoms with Gasteiger partial charge in [0.1, 0.15) is 0 Å². The molecule has 0 bridgehead atoms. The molecule has 0 atom stereocenters. The van der Waals surface area contributed by atoms with Gasteiger partial charge in [0.2, 0.25) is 5.82 Å². The topological polar surface area (TPSA) is 93.3 Å². The van der Waals surface area contributed by atoms with Crippen LogP contribution in [-0.4, -0.2) is 27.5 Å². The maximum atomic E-state index is 11.2. The summed E-state index contributed by atoms with van der Waals surface area (Å²) in [6, 6.07) is 3.97. The molecule has 3 rings (SSSR count). The van der Waals surface area contributed by atoms with Crippen molar-refractivity contribution < 1.29 is 19.2 Å². The maximum Gasteiger partial charge on any atom is 0.303 e. The van der Waals surface area contributed by atoms with E-state index in [1.807, 2.05) is 39.8 Å². The van der Waals surface area contributed by atoms with E-state index in [4.69, 9.17) is 9.63 Å². The van der Waals surface area contributed by atoms with Crippen LogP contribution in [0.5, 0.6) is 0 Å². The molecule has 2 aromatic heterocycles. The Morgan fingerprint density at radius 1 is 1.25 bits per heavy atom. The first-order valence-electron chi connectivity index (χ1n) is 9.09. The van der Waals surface area contributed by atoms with Crippen molar-refractivity contribution in [1.82, 2.24) is 10.1 Å². The SMILES string of the molecule is CCc1cc(-c2noc(-c3sc(C=O)c(C)c3C)n2)cc(C)c1CCC(=O)O. The van der Waals surface area contributed by atoms with Crippen molar-refractivity contribution in [3.8, 4) is 22.2 Å². The van der Waals surface area contributed by atoms with Crippen LogP contribution in [0.1, 0.15) is 50.8 Å². The number of carboxylic acid groups (broad SMARTS) is 1. The van der Waals surface area contributed by atoms with E-state index in [9.17, 15) is 9.59 Å². The summed E-state index contributed by atoms with van der Waals surface area (Å²) in [5.41, 5.74) is 5.92. The molecule has 7 heteroatoms. The van der Waals surface area contributed by atoms with Crippen molar-refractivity contribution in [1.29, 1.82) is 0 Å². The number of aliphatic carboxylic acids is 1. The van der Waals surface area contributed by atoms with Crippen molar-refractivity contribution in [2.75, 3.05) is 0 Å². The van der Waals surface area contributed by atoms with Crippen LogP contribution < -0.4 is 0 Å². The van der Waals surface area contributed by atoms with Crippen LogP contribution >= 0.6 is 11.3 Å². The molecule has 3 aromatic rings. The molecule has 28 heavy (non-hydrogen) atoms. The maximum absolute atomic E-state index is 11.2. The molecule has 0 saturated heterocycles. The van der Waals surface area contributed by atoms with Gasteiger partial charge < -0.3 is 9.63 Å². The lowest BCUT2D eigenvalue weighted by Gasteiger charge is -2.12. The van der Waals surface area contributed by atoms with Gasteiger partial charge in [-0.2, -0.15) is 4.98 Å². The van der Waals surface area contributed by atoms with Crippen LogP contribution in [-0.2, 0) is 17.6 Å². The van der Waals surface area contributed by atoms with Crippen molar-refractivity contribution in [3.63, 3.8) is 0 Å². The van der Waals surface area contributed by atoms with Gasteiger partial charge in [-0.05, 0) is 73.6 Å². The number of aryl methyl sites for hydroxylation is 2. The Morgan fingerprint density at radius 2 is 2.00 bits per heavy atom. The number of carbonyl (C=O) groups excluding carboxylic acids is 1. The lowest BCUT2D eigenvalue weighted by Crippen LogP contribution is -2.03. The molecule has 0 aliphatic heterocycles. The third kappa shape index (κ3) is 3.75. The van der Waals surface area contributed by atoms with Gasteiger partial charge in [0.05, 0.1) is 9.75 Å². The first kappa shape index (κ1) is 19.9. The lowest BCUT2D eigenvalue weighted by atomic mass is 9.93. The highest BCUT2D eigenvalue weighted by atomic mass is 32.1. The fourth-order valence-electron chi connectivity index (χ4n) is 3.29. The highest BCUT2D eigenvalue weighted by molar-refractivity contribution is 7.17. The van der Waals surface area contributed by atoms with Crippen LogP contribution in [0.2, 0.25) is 0 Å². The Bertz CT molecular complexity index is 1050. The second-order valence-corrected chi connectivity index (χ2v) is 7.82. The Labute approximate surface area is 167 Å². The largest absolute Gasteiger partial charge is 0.481 e. The molecule has 0 fully saturated rings. The number of hydrogen-bond donors (Lipinski definition) is 1. The normalized spacial score (nSPS) is 11.0. The molecule has 146 valence electrons. The average molecular weight is 398 g/mol. The highest BCUT2D eigenvalue weighted by Gasteiger charge is 2.19. The molecular weight excluding hydrogens is 376 g/mol. The lowest BCUT2D eigenvalue weighted by molar-refractivity contribution is -0.136. The summed E-state index contributed by atoms with van der Waals surface area (Å²) in [6.45, 7) is 7.87. The van der Waals surface area contributed by atoms with Gasteiger partial charge in [0.15, 0.2) is 6.29 Å². The van der Waals surface area contributed by atoms with Crippen molar-refractivity contribution in [2.45, 2.75) is 47.0 Å². The molecule has 0 unspecified atom stereocenters. The van der Waals surface area contributed by atoms with Gasteiger partial charge in [-0.3, -0.25) is 9.59 Å². The second-order valence-electron chi connectivity index (χ2n) is 6.76. The Kier molecular flexibility index (Phi) is 5.74. The van der Waals surface area contributed by atoms with Crippen molar-refractivity contribution in [3.05, 3.63) is 44.8 Å². The van der Waals surface area contributed by atoms with Crippen molar-refractivity contribution in [2.24, 2.45) is 0 Å². The average Bonchev–Trinajstić information content (AvgIpc) is 3.25. The summed E-state index contributed by atoms with van der Waals surface area (Å²) in [5.74, 6) is 0.0830. The number of carbonyl (C=O) groups is 2. The third-order valence-electron chi connectivity index (χ3n) is 5.01. The molecule has 0 aliphatic carbocycles. The van der Waals surface area contributed by atoms with E-state index in [-0.39, 0.29) is 6.42 Å². The quantitative estimate of drug-likeness (QED) is 0.576. The smallest absolute Gasteiger partial charge is 0.303 e. The molecule has 0 aliphatic rings. The zero-order valence-electron chi connectivity index (χ0n) is 16.3. The molecule has 0 radical (unpaired) electrons. The summed E-state index contributed by atoms with van der Waals surface area (Å²) in [7, 11) is 0. The number of thiophene rings is 1. The number of nitrogens with zero attached hydrogens (tertiary/aromatic N) is 2. The van der Waals surface area contributed by atoms with Crippen LogP contribution in [0.25, 0.3) is 22.2 Å². The second kappa shape index (κ2) is 8.06. The van der Waals surface area contributed by atoms with Gasteiger partial charge in [-0.25, -0.2) is 0 Å². The molecular formula is C21H22N2O4S. The van der Waals surface area contributed by atoms with E-state index >= 15 is 0 Å². The number of hydrogen-bond acceptors (Lipinski definition) is 6. The van der Waals surface area contributed by atoms with Gasteiger partial charge in [-0.1, -0.05) is 12.1 Å². The van der Waals surface area contributed by atoms with Crippen LogP contribution in [0, 0.1) is 20.8 Å². The van der Waals surface area contributed by atoms with E-state index in [1.165, 1.54) is 11.3 Å². The van der Waals surface area contributed by atoms with Gasteiger partial charge in [-0.15, -0.1) is 11.3 Å². The predicted molar refractivity (Wildman–Crippen MR) is 108 cm³/mol. The molecule has 6 nitrogen and oxygen atoms in total. The van der Waals surface area contributed by atoms with Gasteiger partial charge in [0, 0.05) is 12.0 Å². The summed E-state index contributed by atoms with van der Waals surface area (Å²) in [5, 5.41) is 13.1. The molecule has 1 aromatic carbocycles. The molecule has 0 saturated carbocycles. The summed E-state index contributed by atoms with van der Waals surface area (Å²) in [6.07, 6.45) is 2.25. The monoisotopic (exact) mass is 398 g/mol. The third-order valence-corrected chi connectivity index (χ3v) is 6.31. The van der Waals surface area contributed by atoms with Crippen LogP contribution in [0.4, 0.5) is 0 Å². The first-order chi connectivity index (χ1) is 13.3. The Hall–Kier alpha value is -2.80. The fourth-order valence-corrected chi connectivity index (χ4v) is 4.34. The first-order valence-corrected chi connectivity index (χ1v) is 9.91. The molecule has 0 spiro atoms. The van der Waals surface area contributed by atoms with Crippen molar-refractivity contribution >= 4 is 23.6 Å². The number of aromatic nitrogens is 2. The summed E-state index contributed by atoms with van der Waals surface area (Å²) in [4.78, 5) is 28.1. The number of carboxylic acids is 1. The standard InChI is InChI=1S/C21H22N2O4S/c1-5-14-9-15(8-11(2)16(14)6-7-18(25)26)20-22-21(27-23-20)19-13(4)12(3)17(10-24)28-19/h8-10H,5-7H2,1-4H3,(H,25,26). The van der Waals surface area contributed by atoms with Gasteiger partial charge >= 0.3 is 5.97 Å². The van der Waals surface area contributed by atoms with E-state index in [1.54, 1.807) is 0 Å². The van der Waals surface area contributed by atoms with E-state index in [0.717, 1.165) is 51.0 Å². The predicted octanol–water partition coefficient (Wildman–Crippen LogP) is 4.78. The minimum absolute atomic E-state index is 0.107. The zero-order chi connectivity index (χ0) is 20.4.